The quantitative estimate of drug-likeness (QED) is 0.627. The third-order valence-corrected chi connectivity index (χ3v) is 4.19. The lowest BCUT2D eigenvalue weighted by atomic mass is 9.79. The van der Waals surface area contributed by atoms with Crippen molar-refractivity contribution in [3.05, 3.63) is 18.2 Å². The molecule has 3 rings (SSSR count). The summed E-state index contributed by atoms with van der Waals surface area (Å²) in [4.78, 5) is 3.66. The summed E-state index contributed by atoms with van der Waals surface area (Å²) in [7, 11) is -0.633. The van der Waals surface area contributed by atoms with E-state index in [9.17, 15) is 4.39 Å². The first kappa shape index (κ1) is 13.8. The van der Waals surface area contributed by atoms with E-state index in [1.165, 1.54) is 12.3 Å². The van der Waals surface area contributed by atoms with E-state index in [0.29, 0.717) is 11.2 Å². The van der Waals surface area contributed by atoms with Crippen LogP contribution in [0, 0.1) is 5.95 Å². The highest BCUT2D eigenvalue weighted by Crippen LogP contribution is 2.37. The van der Waals surface area contributed by atoms with Gasteiger partial charge in [-0.3, -0.25) is 0 Å². The van der Waals surface area contributed by atoms with Gasteiger partial charge in [0.2, 0.25) is 5.95 Å². The highest BCUT2D eigenvalue weighted by Gasteiger charge is 2.52. The average molecular weight is 279 g/mol. The van der Waals surface area contributed by atoms with Crippen LogP contribution in [0.15, 0.2) is 12.3 Å². The second-order valence-corrected chi connectivity index (χ2v) is 6.45. The van der Waals surface area contributed by atoms with Crippen LogP contribution in [-0.2, 0) is 9.31 Å². The molecule has 1 aliphatic heterocycles. The Morgan fingerprint density at radius 1 is 1.25 bits per heavy atom. The van der Waals surface area contributed by atoms with Gasteiger partial charge in [-0.25, -0.2) is 4.98 Å². The van der Waals surface area contributed by atoms with Crippen molar-refractivity contribution >= 4 is 12.6 Å². The molecular weight excluding hydrogens is 260 g/mol. The molecule has 1 aliphatic carbocycles. The van der Waals surface area contributed by atoms with Crippen LogP contribution >= 0.6 is 0 Å². The van der Waals surface area contributed by atoms with E-state index in [1.54, 1.807) is 0 Å². The van der Waals surface area contributed by atoms with Crippen LogP contribution in [0.3, 0.4) is 0 Å². The SMILES string of the molecule is CC1(C)OB(c2cc(F)ncc2OC2CC2)OC1(C)C. The van der Waals surface area contributed by atoms with Crippen molar-refractivity contribution in [1.29, 1.82) is 0 Å². The molecule has 0 spiro atoms. The van der Waals surface area contributed by atoms with Crippen LogP contribution in [0.5, 0.6) is 5.75 Å². The largest absolute Gasteiger partial charge is 0.498 e. The molecule has 1 aromatic rings. The van der Waals surface area contributed by atoms with Crippen molar-refractivity contribution < 1.29 is 18.4 Å². The Bertz CT molecular complexity index is 515. The summed E-state index contributed by atoms with van der Waals surface area (Å²) in [6.45, 7) is 7.86. The molecule has 1 saturated carbocycles. The highest BCUT2D eigenvalue weighted by atomic mass is 19.1. The number of pyridine rings is 1. The van der Waals surface area contributed by atoms with Gasteiger partial charge in [0, 0.05) is 5.46 Å². The summed E-state index contributed by atoms with van der Waals surface area (Å²) in [5, 5.41) is 0. The van der Waals surface area contributed by atoms with Crippen molar-refractivity contribution in [3.63, 3.8) is 0 Å². The highest BCUT2D eigenvalue weighted by molar-refractivity contribution is 6.63. The summed E-state index contributed by atoms with van der Waals surface area (Å²) >= 11 is 0. The van der Waals surface area contributed by atoms with Crippen LogP contribution in [0.1, 0.15) is 40.5 Å². The van der Waals surface area contributed by atoms with Gasteiger partial charge >= 0.3 is 7.12 Å². The Balaban J connectivity index is 1.91. The standard InChI is InChI=1S/C14H19BFNO3/c1-13(2)14(3,4)20-15(19-13)10-7-12(16)17-8-11(10)18-9-5-6-9/h7-9H,5-6H2,1-4H3. The fraction of sp³-hybridized carbons (Fsp3) is 0.643. The molecule has 6 heteroatoms. The first-order valence-electron chi connectivity index (χ1n) is 6.96. The fourth-order valence-electron chi connectivity index (χ4n) is 2.05. The van der Waals surface area contributed by atoms with Crippen LogP contribution in [0.4, 0.5) is 4.39 Å². The van der Waals surface area contributed by atoms with Crippen molar-refractivity contribution in [2.45, 2.75) is 57.8 Å². The van der Waals surface area contributed by atoms with E-state index >= 15 is 0 Å². The van der Waals surface area contributed by atoms with E-state index in [0.717, 1.165) is 12.8 Å². The molecule has 0 radical (unpaired) electrons. The van der Waals surface area contributed by atoms with Crippen molar-refractivity contribution in [2.24, 2.45) is 0 Å². The number of halogens is 1. The zero-order valence-electron chi connectivity index (χ0n) is 12.3. The van der Waals surface area contributed by atoms with Gasteiger partial charge in [0.15, 0.2) is 0 Å². The maximum absolute atomic E-state index is 13.5. The predicted octanol–water partition coefficient (Wildman–Crippen LogP) is 2.06. The van der Waals surface area contributed by atoms with Gasteiger partial charge in [0.05, 0.1) is 23.5 Å². The zero-order valence-corrected chi connectivity index (χ0v) is 12.3. The lowest BCUT2D eigenvalue weighted by Gasteiger charge is -2.32. The van der Waals surface area contributed by atoms with Crippen LogP contribution in [0.25, 0.3) is 0 Å². The van der Waals surface area contributed by atoms with E-state index in [1.807, 2.05) is 27.7 Å². The summed E-state index contributed by atoms with van der Waals surface area (Å²) in [6, 6.07) is 1.33. The Hall–Kier alpha value is -1.14. The molecule has 4 nitrogen and oxygen atoms in total. The molecule has 2 heterocycles. The number of hydrogen-bond acceptors (Lipinski definition) is 4. The van der Waals surface area contributed by atoms with Gasteiger partial charge in [-0.05, 0) is 46.6 Å². The minimum atomic E-state index is -0.633. The topological polar surface area (TPSA) is 40.6 Å². The Labute approximate surface area is 118 Å². The van der Waals surface area contributed by atoms with Crippen molar-refractivity contribution in [3.8, 4) is 5.75 Å². The second-order valence-electron chi connectivity index (χ2n) is 6.45. The lowest BCUT2D eigenvalue weighted by molar-refractivity contribution is 0.00578. The van der Waals surface area contributed by atoms with E-state index in [2.05, 4.69) is 4.98 Å². The number of aromatic nitrogens is 1. The van der Waals surface area contributed by atoms with Gasteiger partial charge < -0.3 is 14.0 Å². The first-order chi connectivity index (χ1) is 9.28. The smallest absolute Gasteiger partial charge is 0.489 e. The summed E-state index contributed by atoms with van der Waals surface area (Å²) in [5.74, 6) is -0.00902. The van der Waals surface area contributed by atoms with Crippen molar-refractivity contribution in [1.82, 2.24) is 4.98 Å². The molecule has 0 N–H and O–H groups in total. The van der Waals surface area contributed by atoms with Gasteiger partial charge in [0.1, 0.15) is 5.75 Å². The predicted molar refractivity (Wildman–Crippen MR) is 73.6 cm³/mol. The van der Waals surface area contributed by atoms with Crippen LogP contribution in [0.2, 0.25) is 0 Å². The first-order valence-corrected chi connectivity index (χ1v) is 6.96. The number of hydrogen-bond donors (Lipinski definition) is 0. The monoisotopic (exact) mass is 279 g/mol. The Kier molecular flexibility index (Phi) is 3.06. The summed E-state index contributed by atoms with van der Waals surface area (Å²) < 4.78 is 31.1. The van der Waals surface area contributed by atoms with Gasteiger partial charge in [0.25, 0.3) is 0 Å². The lowest BCUT2D eigenvalue weighted by Crippen LogP contribution is -2.41. The minimum absolute atomic E-state index is 0.212. The summed E-state index contributed by atoms with van der Waals surface area (Å²) in [5.41, 5.74) is -0.356. The number of ether oxygens (including phenoxy) is 1. The van der Waals surface area contributed by atoms with E-state index < -0.39 is 24.3 Å². The van der Waals surface area contributed by atoms with E-state index in [-0.39, 0.29) is 6.10 Å². The average Bonchev–Trinajstić information content (AvgIpc) is 3.10. The second kappa shape index (κ2) is 4.43. The molecule has 20 heavy (non-hydrogen) atoms. The number of rotatable bonds is 3. The molecule has 1 saturated heterocycles. The molecule has 2 aliphatic rings. The Morgan fingerprint density at radius 2 is 1.85 bits per heavy atom. The molecule has 0 bridgehead atoms. The van der Waals surface area contributed by atoms with Gasteiger partial charge in [-0.15, -0.1) is 0 Å². The molecule has 2 fully saturated rings. The normalized spacial score (nSPS) is 23.9. The van der Waals surface area contributed by atoms with Crippen LogP contribution in [-0.4, -0.2) is 29.4 Å². The molecular formula is C14H19BFNO3. The zero-order chi connectivity index (χ0) is 14.5. The molecule has 108 valence electrons. The number of nitrogens with zero attached hydrogens (tertiary/aromatic N) is 1. The molecule has 0 aromatic carbocycles. The van der Waals surface area contributed by atoms with E-state index in [4.69, 9.17) is 14.0 Å². The molecule has 0 atom stereocenters. The maximum Gasteiger partial charge on any atom is 0.498 e. The van der Waals surface area contributed by atoms with Crippen LogP contribution < -0.4 is 10.2 Å². The van der Waals surface area contributed by atoms with Gasteiger partial charge in [-0.1, -0.05) is 0 Å². The minimum Gasteiger partial charge on any atom is -0.489 e. The third kappa shape index (κ3) is 2.42. The van der Waals surface area contributed by atoms with Crippen molar-refractivity contribution in [2.75, 3.05) is 0 Å². The molecule has 1 aromatic heterocycles. The van der Waals surface area contributed by atoms with Gasteiger partial charge in [-0.2, -0.15) is 4.39 Å². The molecule has 0 unspecified atom stereocenters. The summed E-state index contributed by atoms with van der Waals surface area (Å²) in [6.07, 6.45) is 3.68. The third-order valence-electron chi connectivity index (χ3n) is 4.19. The Morgan fingerprint density at radius 3 is 2.40 bits per heavy atom. The maximum atomic E-state index is 13.5. The fourth-order valence-corrected chi connectivity index (χ4v) is 2.05. The molecule has 0 amide bonds.